The van der Waals surface area contributed by atoms with Crippen molar-refractivity contribution in [1.82, 2.24) is 15.0 Å². The summed E-state index contributed by atoms with van der Waals surface area (Å²) in [6.07, 6.45) is 2.09. The minimum Gasteiger partial charge on any atom is -0.396 e. The molecule has 0 amide bonds. The van der Waals surface area contributed by atoms with Crippen LogP contribution in [0.4, 0.5) is 5.69 Å². The number of aliphatic hydroxyl groups is 1. The largest absolute Gasteiger partial charge is 0.396 e. The van der Waals surface area contributed by atoms with Gasteiger partial charge >= 0.3 is 0 Å². The average Bonchev–Trinajstić information content (AvgIpc) is 2.77. The molecule has 0 atom stereocenters. The van der Waals surface area contributed by atoms with E-state index in [0.717, 1.165) is 5.56 Å². The van der Waals surface area contributed by atoms with E-state index in [9.17, 15) is 10.1 Å². The van der Waals surface area contributed by atoms with E-state index in [4.69, 9.17) is 5.11 Å². The first-order valence-electron chi connectivity index (χ1n) is 5.81. The van der Waals surface area contributed by atoms with Crippen LogP contribution in [-0.4, -0.2) is 31.6 Å². The van der Waals surface area contributed by atoms with Crippen molar-refractivity contribution in [3.8, 4) is 5.69 Å². The normalized spacial score (nSPS) is 10.7. The molecule has 0 saturated heterocycles. The molecule has 0 fully saturated rings. The molecule has 0 aliphatic heterocycles. The van der Waals surface area contributed by atoms with Gasteiger partial charge in [-0.1, -0.05) is 11.3 Å². The van der Waals surface area contributed by atoms with Crippen LogP contribution in [0.5, 0.6) is 0 Å². The van der Waals surface area contributed by atoms with Crippen molar-refractivity contribution in [3.05, 3.63) is 45.3 Å². The Bertz CT molecular complexity index is 621. The summed E-state index contributed by atoms with van der Waals surface area (Å²) in [5.41, 5.74) is 2.78. The van der Waals surface area contributed by atoms with Gasteiger partial charge in [0.15, 0.2) is 0 Å². The van der Waals surface area contributed by atoms with Gasteiger partial charge in [-0.15, -0.1) is 5.10 Å². The molecule has 1 aromatic carbocycles. The van der Waals surface area contributed by atoms with Crippen molar-refractivity contribution in [2.45, 2.75) is 20.3 Å². The summed E-state index contributed by atoms with van der Waals surface area (Å²) < 4.78 is 1.52. The van der Waals surface area contributed by atoms with Crippen LogP contribution in [0.1, 0.15) is 16.8 Å². The maximum absolute atomic E-state index is 11.0. The van der Waals surface area contributed by atoms with Gasteiger partial charge in [-0.25, -0.2) is 4.68 Å². The summed E-state index contributed by atoms with van der Waals surface area (Å²) >= 11 is 0. The lowest BCUT2D eigenvalue weighted by Crippen LogP contribution is -2.04. The van der Waals surface area contributed by atoms with Gasteiger partial charge in [0, 0.05) is 19.1 Å². The zero-order chi connectivity index (χ0) is 14.0. The molecule has 2 aromatic rings. The van der Waals surface area contributed by atoms with Crippen LogP contribution >= 0.6 is 0 Å². The van der Waals surface area contributed by atoms with Crippen molar-refractivity contribution >= 4 is 5.69 Å². The molecule has 100 valence electrons. The highest BCUT2D eigenvalue weighted by Crippen LogP contribution is 2.27. The summed E-state index contributed by atoms with van der Waals surface area (Å²) in [6, 6.07) is 3.17. The molecule has 0 radical (unpaired) electrons. The fourth-order valence-corrected chi connectivity index (χ4v) is 2.01. The third-order valence-electron chi connectivity index (χ3n) is 2.94. The minimum absolute atomic E-state index is 0.00834. The molecule has 1 N–H and O–H groups in total. The quantitative estimate of drug-likeness (QED) is 0.662. The van der Waals surface area contributed by atoms with Gasteiger partial charge in [-0.3, -0.25) is 10.1 Å². The number of aliphatic hydroxyl groups excluding tert-OH is 1. The predicted octanol–water partition coefficient (Wildman–Crippen LogP) is 1.33. The van der Waals surface area contributed by atoms with Gasteiger partial charge in [0.05, 0.1) is 28.1 Å². The topological polar surface area (TPSA) is 94.1 Å². The number of nitro benzene ring substituents is 1. The van der Waals surface area contributed by atoms with Crippen molar-refractivity contribution in [2.24, 2.45) is 0 Å². The Morgan fingerprint density at radius 1 is 1.42 bits per heavy atom. The highest BCUT2D eigenvalue weighted by Gasteiger charge is 2.18. The van der Waals surface area contributed by atoms with Crippen LogP contribution < -0.4 is 0 Å². The molecule has 1 heterocycles. The molecule has 0 saturated carbocycles. The first kappa shape index (κ1) is 13.2. The number of rotatable bonds is 4. The van der Waals surface area contributed by atoms with Crippen LogP contribution in [0, 0.1) is 24.0 Å². The fourth-order valence-electron chi connectivity index (χ4n) is 2.01. The first-order valence-corrected chi connectivity index (χ1v) is 5.81. The van der Waals surface area contributed by atoms with E-state index in [2.05, 4.69) is 10.3 Å². The molecule has 0 spiro atoms. The van der Waals surface area contributed by atoms with E-state index in [1.807, 2.05) is 6.92 Å². The Hall–Kier alpha value is -2.28. The number of hydrogen-bond acceptors (Lipinski definition) is 5. The average molecular weight is 262 g/mol. The maximum Gasteiger partial charge on any atom is 0.274 e. The number of hydrogen-bond donors (Lipinski definition) is 1. The predicted molar refractivity (Wildman–Crippen MR) is 68.3 cm³/mol. The molecule has 7 nitrogen and oxygen atoms in total. The van der Waals surface area contributed by atoms with Crippen molar-refractivity contribution in [3.63, 3.8) is 0 Å². The van der Waals surface area contributed by atoms with Crippen LogP contribution in [0.2, 0.25) is 0 Å². The van der Waals surface area contributed by atoms with Crippen LogP contribution in [-0.2, 0) is 6.42 Å². The number of benzene rings is 1. The van der Waals surface area contributed by atoms with Crippen LogP contribution in [0.15, 0.2) is 18.3 Å². The van der Waals surface area contributed by atoms with Gasteiger partial charge in [0.1, 0.15) is 0 Å². The Balaban J connectivity index is 2.53. The van der Waals surface area contributed by atoms with Gasteiger partial charge < -0.3 is 5.11 Å². The molecule has 19 heavy (non-hydrogen) atoms. The molecule has 0 aliphatic carbocycles. The Kier molecular flexibility index (Phi) is 3.57. The molecule has 1 aromatic heterocycles. The number of nitro groups is 1. The third-order valence-corrected chi connectivity index (χ3v) is 2.94. The second-order valence-electron chi connectivity index (χ2n) is 4.26. The second kappa shape index (κ2) is 5.15. The fraction of sp³-hybridized carbons (Fsp3) is 0.333. The lowest BCUT2D eigenvalue weighted by molar-refractivity contribution is -0.385. The van der Waals surface area contributed by atoms with E-state index in [-0.39, 0.29) is 12.3 Å². The zero-order valence-electron chi connectivity index (χ0n) is 10.7. The van der Waals surface area contributed by atoms with Gasteiger partial charge in [-0.05, 0) is 19.4 Å². The lowest BCUT2D eigenvalue weighted by Gasteiger charge is -2.09. The van der Waals surface area contributed by atoms with Crippen molar-refractivity contribution in [2.75, 3.05) is 6.61 Å². The standard InChI is InChI=1S/C12H14N4O3/c1-8-3-4-11(16(18)19)9(2)12(8)15-7-10(5-6-17)13-14-15/h3-4,7,17H,5-6H2,1-2H3. The van der Waals surface area contributed by atoms with Gasteiger partial charge in [0.2, 0.25) is 0 Å². The number of aromatic nitrogens is 3. The molecule has 7 heteroatoms. The van der Waals surface area contributed by atoms with Crippen molar-refractivity contribution in [1.29, 1.82) is 0 Å². The summed E-state index contributed by atoms with van der Waals surface area (Å²) in [5, 5.41) is 27.7. The lowest BCUT2D eigenvalue weighted by atomic mass is 10.1. The molecule has 0 bridgehead atoms. The minimum atomic E-state index is -0.413. The maximum atomic E-state index is 11.0. The number of aryl methyl sites for hydroxylation is 1. The van der Waals surface area contributed by atoms with E-state index >= 15 is 0 Å². The summed E-state index contributed by atoms with van der Waals surface area (Å²) in [4.78, 5) is 10.5. The van der Waals surface area contributed by atoms with Crippen LogP contribution in [0.3, 0.4) is 0 Å². The first-order chi connectivity index (χ1) is 9.04. The summed E-state index contributed by atoms with van der Waals surface area (Å²) in [6.45, 7) is 3.54. The Morgan fingerprint density at radius 3 is 2.79 bits per heavy atom. The summed E-state index contributed by atoms with van der Waals surface area (Å²) in [7, 11) is 0. The molecule has 2 rings (SSSR count). The Labute approximate surface area is 109 Å². The second-order valence-corrected chi connectivity index (χ2v) is 4.26. The monoisotopic (exact) mass is 262 g/mol. The molecular weight excluding hydrogens is 248 g/mol. The zero-order valence-corrected chi connectivity index (χ0v) is 10.7. The molecule has 0 aliphatic rings. The SMILES string of the molecule is Cc1ccc([N+](=O)[O-])c(C)c1-n1cc(CCO)nn1. The Morgan fingerprint density at radius 2 is 2.16 bits per heavy atom. The van der Waals surface area contributed by atoms with Gasteiger partial charge in [0.25, 0.3) is 5.69 Å². The highest BCUT2D eigenvalue weighted by atomic mass is 16.6. The smallest absolute Gasteiger partial charge is 0.274 e. The van der Waals surface area contributed by atoms with Crippen molar-refractivity contribution < 1.29 is 10.0 Å². The molecular formula is C12H14N4O3. The van der Waals surface area contributed by atoms with E-state index in [0.29, 0.717) is 23.4 Å². The highest BCUT2D eigenvalue weighted by molar-refractivity contribution is 5.56. The number of nitrogens with zero attached hydrogens (tertiary/aromatic N) is 4. The molecule has 0 unspecified atom stereocenters. The van der Waals surface area contributed by atoms with Crippen LogP contribution in [0.25, 0.3) is 5.69 Å². The van der Waals surface area contributed by atoms with E-state index < -0.39 is 4.92 Å². The third kappa shape index (κ3) is 2.45. The van der Waals surface area contributed by atoms with E-state index in [1.165, 1.54) is 10.7 Å². The van der Waals surface area contributed by atoms with E-state index in [1.54, 1.807) is 19.2 Å². The van der Waals surface area contributed by atoms with Gasteiger partial charge in [-0.2, -0.15) is 0 Å². The summed E-state index contributed by atoms with van der Waals surface area (Å²) in [5.74, 6) is 0.